The first kappa shape index (κ1) is 31.5. The van der Waals surface area contributed by atoms with Gasteiger partial charge in [-0.2, -0.15) is 9.97 Å². The SMILES string of the molecule is c1ccc(-c2ccc(-c3nc(-c4cc(-c5ccccc5)c5c(c4)oc4ccccc45)nc(-n4c5ccccc5c5c6c(ccc54)oc4ccccc46)n3)cc2)cc1. The molecule has 0 amide bonds. The van der Waals surface area contributed by atoms with Crippen molar-refractivity contribution in [3.8, 4) is 51.0 Å². The zero-order valence-electron chi connectivity index (χ0n) is 30.4. The summed E-state index contributed by atoms with van der Waals surface area (Å²) in [7, 11) is 0. The molecule has 0 fully saturated rings. The van der Waals surface area contributed by atoms with Crippen LogP contribution < -0.4 is 0 Å². The molecule has 0 bridgehead atoms. The maximum Gasteiger partial charge on any atom is 0.238 e. The molecule has 57 heavy (non-hydrogen) atoms. The highest BCUT2D eigenvalue weighted by atomic mass is 16.3. The van der Waals surface area contributed by atoms with Gasteiger partial charge in [0.2, 0.25) is 5.95 Å². The number of fused-ring (bicyclic) bond motifs is 10. The summed E-state index contributed by atoms with van der Waals surface area (Å²) in [6, 6.07) is 62.6. The zero-order valence-corrected chi connectivity index (χ0v) is 30.4. The van der Waals surface area contributed by atoms with Gasteiger partial charge >= 0.3 is 0 Å². The van der Waals surface area contributed by atoms with Crippen LogP contribution in [-0.2, 0) is 0 Å². The number of para-hydroxylation sites is 3. The van der Waals surface area contributed by atoms with E-state index in [9.17, 15) is 0 Å². The molecule has 0 aliphatic heterocycles. The lowest BCUT2D eigenvalue weighted by molar-refractivity contribution is 0.669. The van der Waals surface area contributed by atoms with Gasteiger partial charge in [-0.05, 0) is 64.7 Å². The summed E-state index contributed by atoms with van der Waals surface area (Å²) >= 11 is 0. The number of rotatable bonds is 5. The van der Waals surface area contributed by atoms with Crippen LogP contribution in [0.15, 0.2) is 191 Å². The number of furan rings is 2. The standard InChI is InChI=1S/C51H30N4O2/c1-3-13-31(14-4-1)32-23-25-34(26-24-32)49-52-50(35-29-39(33-15-5-2-6-16-33)46-37-18-8-11-21-42(37)57-45(46)30-35)54-51(53-49)55-40-20-10-7-17-36(40)47-41(55)27-28-44-48(47)38-19-9-12-22-43(38)56-44/h1-30H. The van der Waals surface area contributed by atoms with Crippen LogP contribution in [-0.4, -0.2) is 19.5 Å². The third-order valence-corrected chi connectivity index (χ3v) is 11.1. The quantitative estimate of drug-likeness (QED) is 0.176. The zero-order chi connectivity index (χ0) is 37.5. The van der Waals surface area contributed by atoms with Crippen molar-refractivity contribution in [1.29, 1.82) is 0 Å². The number of benzene rings is 8. The Morgan fingerprint density at radius 1 is 0.333 bits per heavy atom. The third kappa shape index (κ3) is 4.94. The first-order valence-electron chi connectivity index (χ1n) is 19.0. The van der Waals surface area contributed by atoms with Crippen LogP contribution in [0.5, 0.6) is 0 Å². The van der Waals surface area contributed by atoms with Crippen molar-refractivity contribution in [2.45, 2.75) is 0 Å². The van der Waals surface area contributed by atoms with Crippen LogP contribution >= 0.6 is 0 Å². The van der Waals surface area contributed by atoms with Crippen molar-refractivity contribution in [2.24, 2.45) is 0 Å². The number of hydrogen-bond donors (Lipinski definition) is 0. The summed E-state index contributed by atoms with van der Waals surface area (Å²) < 4.78 is 15.1. The van der Waals surface area contributed by atoms with E-state index in [1.165, 1.54) is 0 Å². The van der Waals surface area contributed by atoms with Gasteiger partial charge in [-0.3, -0.25) is 4.57 Å². The van der Waals surface area contributed by atoms with Gasteiger partial charge in [0.15, 0.2) is 11.6 Å². The Balaban J connectivity index is 1.15. The van der Waals surface area contributed by atoms with E-state index >= 15 is 0 Å². The third-order valence-electron chi connectivity index (χ3n) is 11.1. The molecule has 6 heteroatoms. The van der Waals surface area contributed by atoms with E-state index in [0.29, 0.717) is 17.6 Å². The average Bonchev–Trinajstić information content (AvgIpc) is 3.96. The predicted molar refractivity (Wildman–Crippen MR) is 230 cm³/mol. The van der Waals surface area contributed by atoms with Gasteiger partial charge in [0.25, 0.3) is 0 Å². The molecule has 0 radical (unpaired) electrons. The van der Waals surface area contributed by atoms with Crippen molar-refractivity contribution in [3.63, 3.8) is 0 Å². The number of nitrogens with zero attached hydrogens (tertiary/aromatic N) is 4. The minimum Gasteiger partial charge on any atom is -0.456 e. The van der Waals surface area contributed by atoms with E-state index < -0.39 is 0 Å². The van der Waals surface area contributed by atoms with Gasteiger partial charge in [0.1, 0.15) is 22.3 Å². The van der Waals surface area contributed by atoms with E-state index in [1.54, 1.807) is 0 Å². The average molecular weight is 731 g/mol. The molecule has 0 atom stereocenters. The van der Waals surface area contributed by atoms with Crippen LogP contribution in [0.1, 0.15) is 0 Å². The van der Waals surface area contributed by atoms with Crippen LogP contribution in [0.4, 0.5) is 0 Å². The largest absolute Gasteiger partial charge is 0.456 e. The van der Waals surface area contributed by atoms with Gasteiger partial charge in [-0.25, -0.2) is 4.98 Å². The molecule has 0 aliphatic carbocycles. The van der Waals surface area contributed by atoms with Gasteiger partial charge in [0, 0.05) is 43.4 Å². The molecule has 0 saturated heterocycles. The highest BCUT2D eigenvalue weighted by molar-refractivity contribution is 6.27. The minimum absolute atomic E-state index is 0.520. The van der Waals surface area contributed by atoms with Gasteiger partial charge in [-0.1, -0.05) is 140 Å². The second kappa shape index (κ2) is 12.3. The second-order valence-corrected chi connectivity index (χ2v) is 14.4. The molecule has 12 aromatic rings. The first-order chi connectivity index (χ1) is 28.2. The van der Waals surface area contributed by atoms with Gasteiger partial charge < -0.3 is 8.83 Å². The Morgan fingerprint density at radius 3 is 1.63 bits per heavy atom. The lowest BCUT2D eigenvalue weighted by atomic mass is 9.97. The van der Waals surface area contributed by atoms with Crippen molar-refractivity contribution in [3.05, 3.63) is 182 Å². The molecule has 266 valence electrons. The number of hydrogen-bond acceptors (Lipinski definition) is 5. The summed E-state index contributed by atoms with van der Waals surface area (Å²) in [6.07, 6.45) is 0. The van der Waals surface area contributed by atoms with Crippen molar-refractivity contribution < 1.29 is 8.83 Å². The summed E-state index contributed by atoms with van der Waals surface area (Å²) in [5, 5.41) is 6.47. The molecule has 6 nitrogen and oxygen atoms in total. The Labute approximate surface area is 325 Å². The molecule has 8 aromatic carbocycles. The highest BCUT2D eigenvalue weighted by Gasteiger charge is 2.23. The van der Waals surface area contributed by atoms with E-state index in [0.717, 1.165) is 99.1 Å². The van der Waals surface area contributed by atoms with E-state index in [1.807, 2.05) is 36.4 Å². The lowest BCUT2D eigenvalue weighted by Crippen LogP contribution is -2.06. The highest BCUT2D eigenvalue weighted by Crippen LogP contribution is 2.42. The molecule has 0 unspecified atom stereocenters. The maximum atomic E-state index is 6.55. The Bertz CT molecular complexity index is 3510. The molecule has 0 N–H and O–H groups in total. The number of aromatic nitrogens is 4. The predicted octanol–water partition coefficient (Wildman–Crippen LogP) is 13.4. The first-order valence-corrected chi connectivity index (χ1v) is 19.0. The lowest BCUT2D eigenvalue weighted by Gasteiger charge is -2.12. The van der Waals surface area contributed by atoms with Crippen molar-refractivity contribution >= 4 is 65.7 Å². The Hall–Kier alpha value is -7.83. The van der Waals surface area contributed by atoms with Crippen LogP contribution in [0, 0.1) is 0 Å². The van der Waals surface area contributed by atoms with Crippen LogP contribution in [0.25, 0.3) is 117 Å². The summed E-state index contributed by atoms with van der Waals surface area (Å²) in [6.45, 7) is 0. The Morgan fingerprint density at radius 2 is 0.895 bits per heavy atom. The molecular formula is C51H30N4O2. The molecule has 12 rings (SSSR count). The van der Waals surface area contributed by atoms with Gasteiger partial charge in [0.05, 0.1) is 11.0 Å². The smallest absolute Gasteiger partial charge is 0.238 e. The molecule has 0 aliphatic rings. The van der Waals surface area contributed by atoms with Crippen LogP contribution in [0.3, 0.4) is 0 Å². The molecule has 0 saturated carbocycles. The maximum absolute atomic E-state index is 6.55. The van der Waals surface area contributed by atoms with Crippen molar-refractivity contribution in [1.82, 2.24) is 19.5 Å². The fraction of sp³-hybridized carbons (Fsp3) is 0. The fourth-order valence-corrected chi connectivity index (χ4v) is 8.48. The topological polar surface area (TPSA) is 69.9 Å². The summed E-state index contributed by atoms with van der Waals surface area (Å²) in [4.78, 5) is 15.8. The molecule has 0 spiro atoms. The van der Waals surface area contributed by atoms with E-state index in [2.05, 4.69) is 150 Å². The van der Waals surface area contributed by atoms with E-state index in [-0.39, 0.29) is 0 Å². The minimum atomic E-state index is 0.520. The second-order valence-electron chi connectivity index (χ2n) is 14.4. The monoisotopic (exact) mass is 730 g/mol. The molecule has 4 aromatic heterocycles. The van der Waals surface area contributed by atoms with Gasteiger partial charge in [-0.15, -0.1) is 0 Å². The van der Waals surface area contributed by atoms with Crippen molar-refractivity contribution in [2.75, 3.05) is 0 Å². The van der Waals surface area contributed by atoms with Crippen LogP contribution in [0.2, 0.25) is 0 Å². The molecule has 4 heterocycles. The normalized spacial score (nSPS) is 11.9. The van der Waals surface area contributed by atoms with E-state index in [4.69, 9.17) is 23.8 Å². The fourth-order valence-electron chi connectivity index (χ4n) is 8.48. The molecular weight excluding hydrogens is 701 g/mol. The summed E-state index contributed by atoms with van der Waals surface area (Å²) in [5.41, 5.74) is 11.4. The Kier molecular flexibility index (Phi) is 6.83. The summed E-state index contributed by atoms with van der Waals surface area (Å²) in [5.74, 6) is 1.63.